The molecule has 0 spiro atoms. The van der Waals surface area contributed by atoms with Crippen LogP contribution in [-0.2, 0) is 11.3 Å². The van der Waals surface area contributed by atoms with E-state index in [-0.39, 0.29) is 5.56 Å². The highest BCUT2D eigenvalue weighted by Crippen LogP contribution is 2.30. The van der Waals surface area contributed by atoms with Crippen LogP contribution in [0.4, 0.5) is 0 Å². The van der Waals surface area contributed by atoms with Crippen LogP contribution in [0.1, 0.15) is 21.5 Å². The number of pyridine rings is 1. The van der Waals surface area contributed by atoms with Gasteiger partial charge in [-0.2, -0.15) is 0 Å². The van der Waals surface area contributed by atoms with E-state index < -0.39 is 5.97 Å². The summed E-state index contributed by atoms with van der Waals surface area (Å²) in [4.78, 5) is 22.4. The molecule has 3 aromatic heterocycles. The zero-order chi connectivity index (χ0) is 25.2. The van der Waals surface area contributed by atoms with Crippen molar-refractivity contribution in [2.45, 2.75) is 6.54 Å². The van der Waals surface area contributed by atoms with Gasteiger partial charge in [0.25, 0.3) is 0 Å². The minimum Gasteiger partial charge on any atom is -0.478 e. The number of aromatic amines is 1. The molecule has 0 aliphatic carbocycles. The number of aromatic carboxylic acids is 1. The quantitative estimate of drug-likeness (QED) is 0.352. The van der Waals surface area contributed by atoms with Crippen molar-refractivity contribution < 1.29 is 14.6 Å². The molecule has 0 saturated carbocycles. The molecule has 2 N–H and O–H groups in total. The van der Waals surface area contributed by atoms with Gasteiger partial charge in [0.05, 0.1) is 24.3 Å². The van der Waals surface area contributed by atoms with Gasteiger partial charge >= 0.3 is 5.97 Å². The van der Waals surface area contributed by atoms with Gasteiger partial charge < -0.3 is 19.4 Å². The summed E-state index contributed by atoms with van der Waals surface area (Å²) in [7, 11) is 0. The van der Waals surface area contributed by atoms with Crippen molar-refractivity contribution in [3.8, 4) is 23.0 Å². The zero-order valence-electron chi connectivity index (χ0n) is 20.3. The van der Waals surface area contributed by atoms with Crippen molar-refractivity contribution >= 4 is 27.9 Å². The smallest absolute Gasteiger partial charge is 0.336 e. The summed E-state index contributed by atoms with van der Waals surface area (Å²) in [6.07, 6.45) is 5.73. The maximum absolute atomic E-state index is 12.1. The van der Waals surface area contributed by atoms with E-state index in [4.69, 9.17) is 4.74 Å². The number of aromatic nitrogens is 3. The van der Waals surface area contributed by atoms with E-state index in [9.17, 15) is 9.90 Å². The minimum atomic E-state index is -0.978. The van der Waals surface area contributed by atoms with Crippen molar-refractivity contribution in [1.29, 1.82) is 0 Å². The summed E-state index contributed by atoms with van der Waals surface area (Å²) in [5, 5.41) is 12.0. The van der Waals surface area contributed by atoms with Crippen LogP contribution in [0.25, 0.3) is 33.1 Å². The summed E-state index contributed by atoms with van der Waals surface area (Å²) in [5.41, 5.74) is 5.05. The zero-order valence-corrected chi connectivity index (χ0v) is 20.3. The Morgan fingerprint density at radius 2 is 1.89 bits per heavy atom. The lowest BCUT2D eigenvalue weighted by Gasteiger charge is -2.26. The number of morpholine rings is 1. The molecule has 1 fully saturated rings. The monoisotopic (exact) mass is 490 g/mol. The van der Waals surface area contributed by atoms with E-state index in [1.807, 2.05) is 48.7 Å². The lowest BCUT2D eigenvalue weighted by atomic mass is 9.93. The average molecular weight is 491 g/mol. The molecule has 4 heterocycles. The number of ether oxygens (including phenoxy) is 1. The molecule has 37 heavy (non-hydrogen) atoms. The fraction of sp³-hybridized carbons (Fsp3) is 0.200. The number of carboxylic acids is 1. The number of nitrogens with zero attached hydrogens (tertiary/aromatic N) is 3. The molecule has 0 radical (unpaired) electrons. The van der Waals surface area contributed by atoms with Crippen LogP contribution in [0.15, 0.2) is 73.2 Å². The summed E-state index contributed by atoms with van der Waals surface area (Å²) >= 11 is 0. The molecule has 0 amide bonds. The van der Waals surface area contributed by atoms with Gasteiger partial charge in [0, 0.05) is 66.8 Å². The second kappa shape index (κ2) is 9.94. The Morgan fingerprint density at radius 3 is 2.76 bits per heavy atom. The second-order valence-corrected chi connectivity index (χ2v) is 9.13. The number of fused-ring (bicyclic) bond motifs is 2. The van der Waals surface area contributed by atoms with Crippen LogP contribution in [0, 0.1) is 11.8 Å². The van der Waals surface area contributed by atoms with E-state index in [0.29, 0.717) is 11.1 Å². The van der Waals surface area contributed by atoms with Crippen LogP contribution in [-0.4, -0.2) is 63.4 Å². The Hall–Kier alpha value is -4.38. The van der Waals surface area contributed by atoms with Gasteiger partial charge in [0.15, 0.2) is 0 Å². The SMILES string of the molecule is O=C(O)c1cccc(C#Cc2cn(CCN3CCOCC3)c3ncccc23)c1-c1ccc2cc[nH]c2c1. The number of benzene rings is 2. The highest BCUT2D eigenvalue weighted by molar-refractivity contribution is 5.99. The maximum Gasteiger partial charge on any atom is 0.336 e. The standard InChI is InChI=1S/C30H26N4O3/c35-30(36)26-4-1-3-22(28(26)23-8-6-21-10-12-31-27(21)19-23)7-9-24-20-34(29-25(24)5-2-11-32-29)14-13-33-15-17-37-18-16-33/h1-6,8,10-12,19-20,31H,13-18H2,(H,35,36). The summed E-state index contributed by atoms with van der Waals surface area (Å²) in [5.74, 6) is 5.63. The molecule has 2 aromatic carbocycles. The van der Waals surface area contributed by atoms with Crippen molar-refractivity contribution in [3.63, 3.8) is 0 Å². The number of nitrogens with one attached hydrogen (secondary N) is 1. The van der Waals surface area contributed by atoms with Crippen LogP contribution >= 0.6 is 0 Å². The number of rotatable bonds is 5. The number of carbonyl (C=O) groups is 1. The molecule has 1 aliphatic heterocycles. The van der Waals surface area contributed by atoms with E-state index >= 15 is 0 Å². The van der Waals surface area contributed by atoms with Crippen molar-refractivity contribution in [3.05, 3.63) is 89.9 Å². The average Bonchev–Trinajstić information content (AvgIpc) is 3.55. The Kier molecular flexibility index (Phi) is 6.19. The molecule has 7 heteroatoms. The lowest BCUT2D eigenvalue weighted by Crippen LogP contribution is -2.38. The fourth-order valence-corrected chi connectivity index (χ4v) is 4.95. The Labute approximate surface area is 214 Å². The van der Waals surface area contributed by atoms with Crippen molar-refractivity contribution in [2.24, 2.45) is 0 Å². The third-order valence-corrected chi connectivity index (χ3v) is 6.87. The van der Waals surface area contributed by atoms with E-state index in [0.717, 1.165) is 72.5 Å². The highest BCUT2D eigenvalue weighted by atomic mass is 16.5. The number of hydrogen-bond acceptors (Lipinski definition) is 4. The summed E-state index contributed by atoms with van der Waals surface area (Å²) in [6.45, 7) is 5.16. The van der Waals surface area contributed by atoms with E-state index in [1.54, 1.807) is 18.3 Å². The van der Waals surface area contributed by atoms with Gasteiger partial charge in [-0.1, -0.05) is 30.0 Å². The first kappa shape index (κ1) is 23.0. The van der Waals surface area contributed by atoms with Crippen LogP contribution in [0.5, 0.6) is 0 Å². The van der Waals surface area contributed by atoms with E-state index in [1.165, 1.54) is 0 Å². The molecular formula is C30H26N4O3. The van der Waals surface area contributed by atoms with Gasteiger partial charge in [0.2, 0.25) is 0 Å². The normalized spacial score (nSPS) is 14.1. The Morgan fingerprint density at radius 1 is 1.03 bits per heavy atom. The van der Waals surface area contributed by atoms with E-state index in [2.05, 4.69) is 37.5 Å². The Bertz CT molecular complexity index is 1660. The van der Waals surface area contributed by atoms with Gasteiger partial charge in [-0.15, -0.1) is 0 Å². The van der Waals surface area contributed by atoms with Gasteiger partial charge in [0.1, 0.15) is 5.65 Å². The van der Waals surface area contributed by atoms with Gasteiger partial charge in [-0.05, 0) is 47.3 Å². The topological polar surface area (TPSA) is 83.4 Å². The van der Waals surface area contributed by atoms with Crippen molar-refractivity contribution in [1.82, 2.24) is 19.4 Å². The third-order valence-electron chi connectivity index (χ3n) is 6.87. The molecule has 184 valence electrons. The number of carboxylic acid groups (broad SMARTS) is 1. The first-order valence-corrected chi connectivity index (χ1v) is 12.4. The first-order valence-electron chi connectivity index (χ1n) is 12.4. The number of hydrogen-bond donors (Lipinski definition) is 2. The Balaban J connectivity index is 1.39. The molecule has 0 bridgehead atoms. The maximum atomic E-state index is 12.1. The second-order valence-electron chi connectivity index (χ2n) is 9.13. The molecular weight excluding hydrogens is 464 g/mol. The van der Waals surface area contributed by atoms with Crippen LogP contribution < -0.4 is 0 Å². The third kappa shape index (κ3) is 4.60. The van der Waals surface area contributed by atoms with Crippen LogP contribution in [0.3, 0.4) is 0 Å². The largest absolute Gasteiger partial charge is 0.478 e. The summed E-state index contributed by atoms with van der Waals surface area (Å²) in [6, 6.07) is 17.1. The molecule has 0 unspecified atom stereocenters. The van der Waals surface area contributed by atoms with Gasteiger partial charge in [-0.25, -0.2) is 9.78 Å². The molecule has 1 aliphatic rings. The number of H-pyrrole nitrogens is 1. The highest BCUT2D eigenvalue weighted by Gasteiger charge is 2.16. The van der Waals surface area contributed by atoms with Crippen molar-refractivity contribution in [2.75, 3.05) is 32.8 Å². The minimum absolute atomic E-state index is 0.229. The molecule has 1 saturated heterocycles. The molecule has 7 nitrogen and oxygen atoms in total. The van der Waals surface area contributed by atoms with Crippen LogP contribution in [0.2, 0.25) is 0 Å². The molecule has 6 rings (SSSR count). The predicted molar refractivity (Wildman–Crippen MR) is 144 cm³/mol. The summed E-state index contributed by atoms with van der Waals surface area (Å²) < 4.78 is 7.62. The fourth-order valence-electron chi connectivity index (χ4n) is 4.95. The van der Waals surface area contributed by atoms with Gasteiger partial charge in [-0.3, -0.25) is 4.90 Å². The predicted octanol–water partition coefficient (Wildman–Crippen LogP) is 4.61. The molecule has 0 atom stereocenters. The first-order chi connectivity index (χ1) is 18.2. The molecule has 5 aromatic rings. The lowest BCUT2D eigenvalue weighted by molar-refractivity contribution is 0.0365.